The highest BCUT2D eigenvalue weighted by Crippen LogP contribution is 2.26. The average molecular weight is 418 g/mol. The predicted molar refractivity (Wildman–Crippen MR) is 117 cm³/mol. The number of hydrogen-bond donors (Lipinski definition) is 1. The molecule has 0 unspecified atom stereocenters. The summed E-state index contributed by atoms with van der Waals surface area (Å²) in [6, 6.07) is 17.6. The van der Waals surface area contributed by atoms with E-state index < -0.39 is 5.97 Å². The molecule has 1 aliphatic rings. The molecule has 2 heterocycles. The van der Waals surface area contributed by atoms with E-state index in [1.54, 1.807) is 16.5 Å². The van der Waals surface area contributed by atoms with Gasteiger partial charge >= 0.3 is 12.0 Å². The van der Waals surface area contributed by atoms with E-state index in [-0.39, 0.29) is 18.3 Å². The van der Waals surface area contributed by atoms with Crippen LogP contribution in [0.25, 0.3) is 5.69 Å². The van der Waals surface area contributed by atoms with Gasteiger partial charge in [0.2, 0.25) is 0 Å². The smallest absolute Gasteiger partial charge is 0.359 e. The van der Waals surface area contributed by atoms with Crippen LogP contribution in [0.15, 0.2) is 54.6 Å². The van der Waals surface area contributed by atoms with Crippen LogP contribution in [-0.2, 0) is 24.2 Å². The Bertz CT molecular complexity index is 1070. The lowest BCUT2D eigenvalue weighted by Gasteiger charge is -2.28. The Labute approximate surface area is 181 Å². The molecule has 0 bridgehead atoms. The lowest BCUT2D eigenvalue weighted by molar-refractivity contribution is 0.0516. The molecule has 31 heavy (non-hydrogen) atoms. The van der Waals surface area contributed by atoms with Crippen molar-refractivity contribution in [2.45, 2.75) is 33.4 Å². The fraction of sp³-hybridized carbons (Fsp3) is 0.292. The first-order valence-electron chi connectivity index (χ1n) is 10.5. The first-order valence-corrected chi connectivity index (χ1v) is 10.5. The van der Waals surface area contributed by atoms with Gasteiger partial charge in [0.05, 0.1) is 24.5 Å². The van der Waals surface area contributed by atoms with Gasteiger partial charge in [0.15, 0.2) is 5.69 Å². The van der Waals surface area contributed by atoms with E-state index in [4.69, 9.17) is 4.74 Å². The number of nitrogens with zero attached hydrogens (tertiary/aromatic N) is 3. The number of aryl methyl sites for hydroxylation is 1. The summed E-state index contributed by atoms with van der Waals surface area (Å²) in [6.45, 7) is 5.38. The van der Waals surface area contributed by atoms with Crippen molar-refractivity contribution >= 4 is 12.0 Å². The molecule has 0 saturated heterocycles. The minimum absolute atomic E-state index is 0.160. The molecule has 0 aliphatic carbocycles. The first kappa shape index (κ1) is 20.7. The quantitative estimate of drug-likeness (QED) is 0.642. The zero-order chi connectivity index (χ0) is 21.8. The Balaban J connectivity index is 1.58. The number of benzene rings is 2. The number of rotatable bonds is 5. The zero-order valence-electron chi connectivity index (χ0n) is 17.8. The van der Waals surface area contributed by atoms with Crippen molar-refractivity contribution < 1.29 is 14.3 Å². The van der Waals surface area contributed by atoms with Crippen LogP contribution in [0.4, 0.5) is 4.79 Å². The summed E-state index contributed by atoms with van der Waals surface area (Å²) in [5.74, 6) is -0.462. The van der Waals surface area contributed by atoms with Crippen LogP contribution in [0.5, 0.6) is 0 Å². The monoisotopic (exact) mass is 418 g/mol. The summed E-state index contributed by atoms with van der Waals surface area (Å²) in [4.78, 5) is 27.1. The number of carbonyl (C=O) groups is 2. The Kier molecular flexibility index (Phi) is 6.02. The number of amides is 2. The van der Waals surface area contributed by atoms with E-state index in [0.717, 1.165) is 28.1 Å². The minimum atomic E-state index is -0.462. The fourth-order valence-electron chi connectivity index (χ4n) is 3.74. The summed E-state index contributed by atoms with van der Waals surface area (Å²) in [5, 5.41) is 7.54. The summed E-state index contributed by atoms with van der Waals surface area (Å²) < 4.78 is 7.04. The summed E-state index contributed by atoms with van der Waals surface area (Å²) in [6.07, 6.45) is 0.606. The maximum atomic E-state index is 12.8. The van der Waals surface area contributed by atoms with Crippen LogP contribution in [0.1, 0.15) is 39.8 Å². The molecule has 0 spiro atoms. The van der Waals surface area contributed by atoms with Gasteiger partial charge in [-0.1, -0.05) is 48.0 Å². The van der Waals surface area contributed by atoms with Gasteiger partial charge < -0.3 is 15.0 Å². The topological polar surface area (TPSA) is 76.5 Å². The van der Waals surface area contributed by atoms with Gasteiger partial charge in [-0.3, -0.25) is 0 Å². The highest BCUT2D eigenvalue weighted by molar-refractivity contribution is 5.89. The van der Waals surface area contributed by atoms with Crippen molar-refractivity contribution in [3.05, 3.63) is 82.7 Å². The Hall–Kier alpha value is -3.61. The first-order chi connectivity index (χ1) is 15.1. The standard InChI is InChI=1S/C24H26N4O3/c1-3-31-23(29)22-20-16-27(24(30)25-15-18-7-5-4-6-8-18)14-13-21(20)28(26-22)19-11-9-17(2)10-12-19/h4-12H,3,13-16H2,1-2H3,(H,25,30). The second-order valence-electron chi connectivity index (χ2n) is 7.56. The third-order valence-electron chi connectivity index (χ3n) is 5.38. The van der Waals surface area contributed by atoms with Crippen LogP contribution < -0.4 is 5.32 Å². The Morgan fingerprint density at radius 3 is 2.55 bits per heavy atom. The van der Waals surface area contributed by atoms with Crippen molar-refractivity contribution in [2.24, 2.45) is 0 Å². The van der Waals surface area contributed by atoms with Crippen LogP contribution >= 0.6 is 0 Å². The molecule has 0 radical (unpaired) electrons. The molecule has 7 nitrogen and oxygen atoms in total. The van der Waals surface area contributed by atoms with E-state index >= 15 is 0 Å². The predicted octanol–water partition coefficient (Wildman–Crippen LogP) is 3.63. The molecule has 0 fully saturated rings. The average Bonchev–Trinajstić information content (AvgIpc) is 3.18. The number of esters is 1. The molecule has 0 saturated carbocycles. The molecule has 7 heteroatoms. The molecular weight excluding hydrogens is 392 g/mol. The lowest BCUT2D eigenvalue weighted by Crippen LogP contribution is -2.42. The van der Waals surface area contributed by atoms with Crippen molar-refractivity contribution in [1.82, 2.24) is 20.0 Å². The van der Waals surface area contributed by atoms with Crippen molar-refractivity contribution in [1.29, 1.82) is 0 Å². The van der Waals surface area contributed by atoms with Crippen LogP contribution in [0.3, 0.4) is 0 Å². The van der Waals surface area contributed by atoms with Gasteiger partial charge in [-0.05, 0) is 31.5 Å². The molecule has 2 amide bonds. The molecule has 1 aliphatic heterocycles. The van der Waals surface area contributed by atoms with Gasteiger partial charge in [0.1, 0.15) is 0 Å². The Morgan fingerprint density at radius 1 is 1.10 bits per heavy atom. The second-order valence-corrected chi connectivity index (χ2v) is 7.56. The molecule has 1 N–H and O–H groups in total. The highest BCUT2D eigenvalue weighted by Gasteiger charge is 2.31. The molecule has 160 valence electrons. The molecule has 1 aromatic heterocycles. The number of carbonyl (C=O) groups excluding carboxylic acids is 2. The van der Waals surface area contributed by atoms with Gasteiger partial charge in [0.25, 0.3) is 0 Å². The maximum Gasteiger partial charge on any atom is 0.359 e. The zero-order valence-corrected chi connectivity index (χ0v) is 17.8. The van der Waals surface area contributed by atoms with E-state index in [2.05, 4.69) is 10.4 Å². The summed E-state index contributed by atoms with van der Waals surface area (Å²) in [7, 11) is 0. The van der Waals surface area contributed by atoms with Crippen LogP contribution in [0, 0.1) is 6.92 Å². The SMILES string of the molecule is CCOC(=O)c1nn(-c2ccc(C)cc2)c2c1CN(C(=O)NCc1ccccc1)CC2. The van der Waals surface area contributed by atoms with Crippen molar-refractivity contribution in [3.63, 3.8) is 0 Å². The fourth-order valence-corrected chi connectivity index (χ4v) is 3.74. The van der Waals surface area contributed by atoms with Gasteiger partial charge in [-0.15, -0.1) is 0 Å². The summed E-state index contributed by atoms with van der Waals surface area (Å²) >= 11 is 0. The highest BCUT2D eigenvalue weighted by atomic mass is 16.5. The number of hydrogen-bond acceptors (Lipinski definition) is 4. The number of nitrogens with one attached hydrogen (secondary N) is 1. The van der Waals surface area contributed by atoms with Gasteiger partial charge in [-0.2, -0.15) is 5.10 Å². The van der Waals surface area contributed by atoms with E-state index in [0.29, 0.717) is 26.1 Å². The van der Waals surface area contributed by atoms with E-state index in [1.807, 2.05) is 61.5 Å². The van der Waals surface area contributed by atoms with Crippen molar-refractivity contribution in [3.8, 4) is 5.69 Å². The number of fused-ring (bicyclic) bond motifs is 1. The number of urea groups is 1. The summed E-state index contributed by atoms with van der Waals surface area (Å²) in [5.41, 5.74) is 5.04. The molecule has 2 aromatic carbocycles. The second kappa shape index (κ2) is 9.04. The van der Waals surface area contributed by atoms with Crippen LogP contribution in [-0.4, -0.2) is 39.8 Å². The van der Waals surface area contributed by atoms with Gasteiger partial charge in [-0.25, -0.2) is 14.3 Å². The molecule has 4 rings (SSSR count). The molecule has 3 aromatic rings. The third kappa shape index (κ3) is 4.45. The normalized spacial score (nSPS) is 12.9. The molecular formula is C24H26N4O3. The molecule has 0 atom stereocenters. The minimum Gasteiger partial charge on any atom is -0.461 e. The maximum absolute atomic E-state index is 12.8. The number of ether oxygens (including phenoxy) is 1. The van der Waals surface area contributed by atoms with E-state index in [9.17, 15) is 9.59 Å². The van der Waals surface area contributed by atoms with Gasteiger partial charge in [0, 0.05) is 25.1 Å². The third-order valence-corrected chi connectivity index (χ3v) is 5.38. The van der Waals surface area contributed by atoms with Crippen molar-refractivity contribution in [2.75, 3.05) is 13.2 Å². The largest absolute Gasteiger partial charge is 0.461 e. The Morgan fingerprint density at radius 2 is 1.84 bits per heavy atom. The number of aromatic nitrogens is 2. The van der Waals surface area contributed by atoms with Crippen LogP contribution in [0.2, 0.25) is 0 Å². The van der Waals surface area contributed by atoms with E-state index in [1.165, 1.54) is 0 Å². The lowest BCUT2D eigenvalue weighted by atomic mass is 10.0.